The van der Waals surface area contributed by atoms with Crippen molar-refractivity contribution >= 4 is 15.9 Å². The zero-order valence-corrected chi connectivity index (χ0v) is 13.9. The molecule has 1 heterocycles. The van der Waals surface area contributed by atoms with E-state index in [2.05, 4.69) is 20.8 Å². The van der Waals surface area contributed by atoms with Gasteiger partial charge in [-0.3, -0.25) is 0 Å². The Hall–Kier alpha value is -0.540. The average molecular weight is 340 g/mol. The summed E-state index contributed by atoms with van der Waals surface area (Å²) < 4.78 is 6.83. The quantitative estimate of drug-likeness (QED) is 0.626. The number of hydrogen-bond donors (Lipinski definition) is 0. The Morgan fingerprint density at radius 2 is 1.60 bits per heavy atom. The van der Waals surface area contributed by atoms with Crippen LogP contribution in [0.1, 0.15) is 44.9 Å². The van der Waals surface area contributed by atoms with E-state index < -0.39 is 0 Å². The fourth-order valence-electron chi connectivity index (χ4n) is 2.69. The van der Waals surface area contributed by atoms with E-state index in [0.29, 0.717) is 0 Å². The molecule has 0 bridgehead atoms. The van der Waals surface area contributed by atoms with Gasteiger partial charge in [0.2, 0.25) is 0 Å². The van der Waals surface area contributed by atoms with Crippen LogP contribution in [-0.4, -0.2) is 31.1 Å². The molecule has 20 heavy (non-hydrogen) atoms. The number of halogens is 1. The molecule has 0 aromatic heterocycles. The summed E-state index contributed by atoms with van der Waals surface area (Å²) in [4.78, 5) is 2.63. The van der Waals surface area contributed by atoms with E-state index in [1.807, 2.05) is 24.3 Å². The summed E-state index contributed by atoms with van der Waals surface area (Å²) in [5.41, 5.74) is 0. The van der Waals surface area contributed by atoms with Crippen molar-refractivity contribution in [3.8, 4) is 5.75 Å². The Morgan fingerprint density at radius 3 is 2.35 bits per heavy atom. The van der Waals surface area contributed by atoms with Crippen LogP contribution in [0.3, 0.4) is 0 Å². The number of likely N-dealkylation sites (tertiary alicyclic amines) is 1. The lowest BCUT2D eigenvalue weighted by Crippen LogP contribution is -2.30. The van der Waals surface area contributed by atoms with Gasteiger partial charge in [0.1, 0.15) is 5.75 Å². The molecular formula is C17H26BrNO. The van der Waals surface area contributed by atoms with E-state index in [4.69, 9.17) is 4.74 Å². The first-order valence-corrected chi connectivity index (χ1v) is 8.74. The minimum Gasteiger partial charge on any atom is -0.494 e. The van der Waals surface area contributed by atoms with E-state index >= 15 is 0 Å². The minimum atomic E-state index is 0.839. The maximum absolute atomic E-state index is 5.73. The third kappa shape index (κ3) is 6.27. The van der Waals surface area contributed by atoms with Crippen molar-refractivity contribution in [2.75, 3.05) is 26.2 Å². The monoisotopic (exact) mass is 339 g/mol. The summed E-state index contributed by atoms with van der Waals surface area (Å²) in [5, 5.41) is 0. The molecule has 0 saturated carbocycles. The zero-order valence-electron chi connectivity index (χ0n) is 12.3. The van der Waals surface area contributed by atoms with Gasteiger partial charge in [-0.1, -0.05) is 35.2 Å². The number of rotatable bonds is 8. The van der Waals surface area contributed by atoms with Gasteiger partial charge in [-0.15, -0.1) is 0 Å². The predicted molar refractivity (Wildman–Crippen MR) is 88.4 cm³/mol. The summed E-state index contributed by atoms with van der Waals surface area (Å²) in [6.45, 7) is 4.79. The minimum absolute atomic E-state index is 0.839. The molecule has 0 aliphatic carbocycles. The highest BCUT2D eigenvalue weighted by Gasteiger charge is 2.08. The number of hydrogen-bond acceptors (Lipinski definition) is 2. The van der Waals surface area contributed by atoms with Crippen molar-refractivity contribution in [3.63, 3.8) is 0 Å². The standard InChI is InChI=1S/C17H26BrNO/c18-16-8-10-17(11-9-16)20-15-7-2-1-4-12-19-13-5-3-6-14-19/h8-11H,1-7,12-15H2. The van der Waals surface area contributed by atoms with Crippen molar-refractivity contribution in [2.24, 2.45) is 0 Å². The molecule has 1 aromatic carbocycles. The molecule has 0 N–H and O–H groups in total. The van der Waals surface area contributed by atoms with Gasteiger partial charge in [-0.25, -0.2) is 0 Å². The normalized spacial score (nSPS) is 16.2. The van der Waals surface area contributed by atoms with Crippen LogP contribution in [0.5, 0.6) is 5.75 Å². The molecule has 0 unspecified atom stereocenters. The first kappa shape index (κ1) is 15.8. The SMILES string of the molecule is Brc1ccc(OCCCCCCN2CCCCC2)cc1. The highest BCUT2D eigenvalue weighted by atomic mass is 79.9. The van der Waals surface area contributed by atoms with Crippen molar-refractivity contribution in [2.45, 2.75) is 44.9 Å². The van der Waals surface area contributed by atoms with Crippen LogP contribution in [0.25, 0.3) is 0 Å². The van der Waals surface area contributed by atoms with Gasteiger partial charge in [0.15, 0.2) is 0 Å². The zero-order chi connectivity index (χ0) is 14.0. The molecule has 0 atom stereocenters. The highest BCUT2D eigenvalue weighted by molar-refractivity contribution is 9.10. The molecule has 1 fully saturated rings. The molecule has 1 aromatic rings. The van der Waals surface area contributed by atoms with Crippen LogP contribution in [0.4, 0.5) is 0 Å². The number of unbranched alkanes of at least 4 members (excludes halogenated alkanes) is 3. The Labute approximate surface area is 131 Å². The molecule has 0 amide bonds. The van der Waals surface area contributed by atoms with Gasteiger partial charge in [-0.05, 0) is 69.6 Å². The lowest BCUT2D eigenvalue weighted by molar-refractivity contribution is 0.223. The highest BCUT2D eigenvalue weighted by Crippen LogP contribution is 2.16. The van der Waals surface area contributed by atoms with Gasteiger partial charge < -0.3 is 9.64 Å². The molecule has 2 rings (SSSR count). The second kappa shape index (κ2) is 9.41. The van der Waals surface area contributed by atoms with Crippen LogP contribution < -0.4 is 4.74 Å². The second-order valence-electron chi connectivity index (χ2n) is 5.62. The van der Waals surface area contributed by atoms with E-state index in [9.17, 15) is 0 Å². The number of ether oxygens (including phenoxy) is 1. The summed E-state index contributed by atoms with van der Waals surface area (Å²) in [5.74, 6) is 0.974. The van der Waals surface area contributed by atoms with Gasteiger partial charge in [0.25, 0.3) is 0 Å². The van der Waals surface area contributed by atoms with E-state index in [1.165, 1.54) is 58.2 Å². The molecule has 2 nitrogen and oxygen atoms in total. The third-order valence-corrected chi connectivity index (χ3v) is 4.43. The topological polar surface area (TPSA) is 12.5 Å². The smallest absolute Gasteiger partial charge is 0.119 e. The molecule has 1 aliphatic heterocycles. The number of nitrogens with zero attached hydrogens (tertiary/aromatic N) is 1. The van der Waals surface area contributed by atoms with Gasteiger partial charge in [-0.2, -0.15) is 0 Å². The van der Waals surface area contributed by atoms with E-state index in [-0.39, 0.29) is 0 Å². The summed E-state index contributed by atoms with van der Waals surface area (Å²) in [6.07, 6.45) is 9.37. The van der Waals surface area contributed by atoms with Crippen molar-refractivity contribution in [1.29, 1.82) is 0 Å². The van der Waals surface area contributed by atoms with Crippen molar-refractivity contribution in [3.05, 3.63) is 28.7 Å². The largest absolute Gasteiger partial charge is 0.494 e. The van der Waals surface area contributed by atoms with Crippen LogP contribution in [0, 0.1) is 0 Å². The number of benzene rings is 1. The van der Waals surface area contributed by atoms with Crippen LogP contribution in [0.2, 0.25) is 0 Å². The lowest BCUT2D eigenvalue weighted by Gasteiger charge is -2.26. The first-order chi connectivity index (χ1) is 9.84. The maximum Gasteiger partial charge on any atom is 0.119 e. The van der Waals surface area contributed by atoms with Crippen molar-refractivity contribution < 1.29 is 4.74 Å². The lowest BCUT2D eigenvalue weighted by atomic mass is 10.1. The second-order valence-corrected chi connectivity index (χ2v) is 6.53. The fourth-order valence-corrected chi connectivity index (χ4v) is 2.96. The first-order valence-electron chi connectivity index (χ1n) is 7.95. The Kier molecular flexibility index (Phi) is 7.45. The summed E-state index contributed by atoms with van der Waals surface area (Å²) in [6, 6.07) is 8.07. The van der Waals surface area contributed by atoms with Gasteiger partial charge in [0.05, 0.1) is 6.61 Å². The Bertz CT molecular complexity index is 360. The molecule has 1 aliphatic rings. The predicted octanol–water partition coefficient (Wildman–Crippen LogP) is 4.87. The van der Waals surface area contributed by atoms with Crippen LogP contribution >= 0.6 is 15.9 Å². The van der Waals surface area contributed by atoms with Crippen LogP contribution in [-0.2, 0) is 0 Å². The molecule has 0 radical (unpaired) electrons. The number of piperidine rings is 1. The van der Waals surface area contributed by atoms with Gasteiger partial charge in [0, 0.05) is 4.47 Å². The van der Waals surface area contributed by atoms with Crippen molar-refractivity contribution in [1.82, 2.24) is 4.90 Å². The fraction of sp³-hybridized carbons (Fsp3) is 0.647. The average Bonchev–Trinajstić information content (AvgIpc) is 2.49. The van der Waals surface area contributed by atoms with Crippen LogP contribution in [0.15, 0.2) is 28.7 Å². The summed E-state index contributed by atoms with van der Waals surface area (Å²) in [7, 11) is 0. The van der Waals surface area contributed by atoms with E-state index in [1.54, 1.807) is 0 Å². The van der Waals surface area contributed by atoms with Gasteiger partial charge >= 0.3 is 0 Å². The van der Waals surface area contributed by atoms with E-state index in [0.717, 1.165) is 23.2 Å². The molecule has 1 saturated heterocycles. The maximum atomic E-state index is 5.73. The molecule has 3 heteroatoms. The molecular weight excluding hydrogens is 314 g/mol. The Morgan fingerprint density at radius 1 is 0.900 bits per heavy atom. The summed E-state index contributed by atoms with van der Waals surface area (Å²) >= 11 is 3.43. The Balaban J connectivity index is 1.44. The third-order valence-electron chi connectivity index (χ3n) is 3.90. The molecule has 0 spiro atoms. The molecule has 112 valence electrons.